The number of methoxy groups -OCH3 is 1. The Morgan fingerprint density at radius 1 is 1.33 bits per heavy atom. The molecule has 3 aromatic heterocycles. The minimum Gasteiger partial charge on any atom is -0.383 e. The number of nitrogens with one attached hydrogen (secondary N) is 1. The number of anilines is 1. The van der Waals surface area contributed by atoms with Crippen LogP contribution >= 0.6 is 0 Å². The van der Waals surface area contributed by atoms with Gasteiger partial charge in [-0.3, -0.25) is 19.7 Å². The number of aryl methyl sites for hydroxylation is 2. The second-order valence-electron chi connectivity index (χ2n) is 6.15. The molecule has 0 aromatic carbocycles. The minimum absolute atomic E-state index is 0.225. The molecule has 0 fully saturated rings. The molecule has 0 saturated heterocycles. The van der Waals surface area contributed by atoms with Crippen molar-refractivity contribution in [1.82, 2.24) is 29.4 Å². The summed E-state index contributed by atoms with van der Waals surface area (Å²) in [6, 6.07) is 5.38. The lowest BCUT2D eigenvalue weighted by molar-refractivity contribution is 0.152. The van der Waals surface area contributed by atoms with Crippen LogP contribution in [0.1, 0.15) is 5.56 Å². The summed E-state index contributed by atoms with van der Waals surface area (Å²) < 4.78 is 8.48. The molecule has 0 radical (unpaired) electrons. The quantitative estimate of drug-likeness (QED) is 0.687. The summed E-state index contributed by atoms with van der Waals surface area (Å²) in [5.74, 6) is 0.604. The van der Waals surface area contributed by atoms with Gasteiger partial charge in [0.1, 0.15) is 5.82 Å². The van der Waals surface area contributed by atoms with E-state index in [1.54, 1.807) is 47.0 Å². The molecule has 0 unspecified atom stereocenters. The van der Waals surface area contributed by atoms with E-state index in [0.717, 1.165) is 16.8 Å². The molecular weight excluding hydrogens is 346 g/mol. The van der Waals surface area contributed by atoms with Crippen LogP contribution in [0.25, 0.3) is 11.3 Å². The van der Waals surface area contributed by atoms with Crippen molar-refractivity contribution in [2.45, 2.75) is 6.54 Å². The van der Waals surface area contributed by atoms with Crippen LogP contribution in [-0.2, 0) is 25.4 Å². The lowest BCUT2D eigenvalue weighted by Crippen LogP contribution is -2.37. The molecule has 9 nitrogen and oxygen atoms in total. The molecule has 0 atom stereocenters. The zero-order chi connectivity index (χ0) is 19.2. The van der Waals surface area contributed by atoms with Crippen LogP contribution in [-0.4, -0.2) is 55.7 Å². The number of aromatic nitrogens is 5. The predicted molar refractivity (Wildman–Crippen MR) is 101 cm³/mol. The second kappa shape index (κ2) is 8.45. The van der Waals surface area contributed by atoms with E-state index < -0.39 is 0 Å². The maximum atomic E-state index is 12.8. The molecule has 0 aliphatic carbocycles. The Morgan fingerprint density at radius 2 is 2.19 bits per heavy atom. The van der Waals surface area contributed by atoms with Gasteiger partial charge in [-0.2, -0.15) is 10.2 Å². The Kier molecular flexibility index (Phi) is 5.82. The van der Waals surface area contributed by atoms with Crippen LogP contribution in [0, 0.1) is 0 Å². The number of amides is 2. The molecule has 1 N–H and O–H groups in total. The highest BCUT2D eigenvalue weighted by Crippen LogP contribution is 2.20. The molecule has 27 heavy (non-hydrogen) atoms. The van der Waals surface area contributed by atoms with Crippen molar-refractivity contribution in [3.63, 3.8) is 0 Å². The van der Waals surface area contributed by atoms with E-state index in [4.69, 9.17) is 4.74 Å². The second-order valence-corrected chi connectivity index (χ2v) is 6.15. The topological polar surface area (TPSA) is 90.1 Å². The van der Waals surface area contributed by atoms with Gasteiger partial charge in [0.05, 0.1) is 25.0 Å². The van der Waals surface area contributed by atoms with Gasteiger partial charge in [-0.15, -0.1) is 0 Å². The lowest BCUT2D eigenvalue weighted by Gasteiger charge is -2.22. The van der Waals surface area contributed by atoms with Gasteiger partial charge >= 0.3 is 6.03 Å². The molecule has 0 saturated carbocycles. The van der Waals surface area contributed by atoms with Gasteiger partial charge in [0.15, 0.2) is 0 Å². The number of nitrogens with zero attached hydrogens (tertiary/aromatic N) is 6. The van der Waals surface area contributed by atoms with Gasteiger partial charge in [-0.1, -0.05) is 0 Å². The van der Waals surface area contributed by atoms with Crippen LogP contribution in [0.4, 0.5) is 10.6 Å². The van der Waals surface area contributed by atoms with Gasteiger partial charge < -0.3 is 9.64 Å². The first-order chi connectivity index (χ1) is 13.1. The molecule has 2 amide bonds. The summed E-state index contributed by atoms with van der Waals surface area (Å²) in [6.07, 6.45) is 7.08. The van der Waals surface area contributed by atoms with Crippen molar-refractivity contribution in [2.75, 3.05) is 25.6 Å². The number of carbonyl (C=O) groups excluding carboxylic acids is 1. The molecule has 0 spiro atoms. The molecule has 9 heteroatoms. The molecule has 0 aliphatic rings. The van der Waals surface area contributed by atoms with Crippen LogP contribution in [0.3, 0.4) is 0 Å². The normalized spacial score (nSPS) is 10.8. The van der Waals surface area contributed by atoms with E-state index in [1.807, 2.05) is 31.4 Å². The summed E-state index contributed by atoms with van der Waals surface area (Å²) in [7, 11) is 5.25. The average molecular weight is 369 g/mol. The van der Waals surface area contributed by atoms with Gasteiger partial charge in [0.2, 0.25) is 0 Å². The first-order valence-electron chi connectivity index (χ1n) is 8.53. The third-order valence-electron chi connectivity index (χ3n) is 4.06. The number of rotatable bonds is 7. The van der Waals surface area contributed by atoms with Gasteiger partial charge in [-0.25, -0.2) is 4.79 Å². The van der Waals surface area contributed by atoms with E-state index in [2.05, 4.69) is 20.5 Å². The smallest absolute Gasteiger partial charge is 0.323 e. The maximum absolute atomic E-state index is 12.8. The monoisotopic (exact) mass is 369 g/mol. The summed E-state index contributed by atoms with van der Waals surface area (Å²) in [5, 5.41) is 11.5. The van der Waals surface area contributed by atoms with Crippen LogP contribution in [0.5, 0.6) is 0 Å². The third kappa shape index (κ3) is 4.70. The Morgan fingerprint density at radius 3 is 2.85 bits per heavy atom. The molecule has 3 heterocycles. The van der Waals surface area contributed by atoms with Crippen molar-refractivity contribution in [3.8, 4) is 11.3 Å². The standard InChI is InChI=1S/C18H23N7O2/c1-23-12-14(10-20-23)13-25(7-8-27-3)18(26)21-17-9-16(22-24(17)2)15-5-4-6-19-11-15/h4-6,9-12H,7-8,13H2,1-3H3,(H,21,26). The molecule has 0 aliphatic heterocycles. The Bertz CT molecular complexity index is 888. The van der Waals surface area contributed by atoms with Crippen LogP contribution in [0.15, 0.2) is 43.0 Å². The summed E-state index contributed by atoms with van der Waals surface area (Å²) in [4.78, 5) is 18.6. The van der Waals surface area contributed by atoms with Crippen LogP contribution in [0.2, 0.25) is 0 Å². The molecule has 3 rings (SSSR count). The Labute approximate surface area is 157 Å². The van der Waals surface area contributed by atoms with Gasteiger partial charge in [0, 0.05) is 63.5 Å². The van der Waals surface area contributed by atoms with E-state index in [9.17, 15) is 4.79 Å². The highest BCUT2D eigenvalue weighted by molar-refractivity contribution is 5.89. The van der Waals surface area contributed by atoms with Gasteiger partial charge in [0.25, 0.3) is 0 Å². The van der Waals surface area contributed by atoms with Crippen LogP contribution < -0.4 is 5.32 Å². The fourth-order valence-electron chi connectivity index (χ4n) is 2.66. The highest BCUT2D eigenvalue weighted by atomic mass is 16.5. The first-order valence-corrected chi connectivity index (χ1v) is 8.53. The van der Waals surface area contributed by atoms with E-state index in [-0.39, 0.29) is 6.03 Å². The average Bonchev–Trinajstić information content (AvgIpc) is 3.25. The lowest BCUT2D eigenvalue weighted by atomic mass is 10.2. The first kappa shape index (κ1) is 18.6. The molecule has 3 aromatic rings. The fourth-order valence-corrected chi connectivity index (χ4v) is 2.66. The number of hydrogen-bond acceptors (Lipinski definition) is 5. The van der Waals surface area contributed by atoms with Crippen molar-refractivity contribution < 1.29 is 9.53 Å². The number of ether oxygens (including phenoxy) is 1. The number of carbonyl (C=O) groups is 1. The summed E-state index contributed by atoms with van der Waals surface area (Å²) in [5.41, 5.74) is 2.58. The predicted octanol–water partition coefficient (Wildman–Crippen LogP) is 1.90. The molecular formula is C18H23N7O2. The number of hydrogen-bond donors (Lipinski definition) is 1. The van der Waals surface area contributed by atoms with Crippen molar-refractivity contribution in [2.24, 2.45) is 14.1 Å². The van der Waals surface area contributed by atoms with E-state index >= 15 is 0 Å². The zero-order valence-corrected chi connectivity index (χ0v) is 15.7. The van der Waals surface area contributed by atoms with Crippen molar-refractivity contribution in [1.29, 1.82) is 0 Å². The molecule has 142 valence electrons. The maximum Gasteiger partial charge on any atom is 0.323 e. The molecule has 0 bridgehead atoms. The van der Waals surface area contributed by atoms with E-state index in [1.165, 1.54) is 0 Å². The number of urea groups is 1. The third-order valence-corrected chi connectivity index (χ3v) is 4.06. The zero-order valence-electron chi connectivity index (χ0n) is 15.7. The summed E-state index contributed by atoms with van der Waals surface area (Å²) >= 11 is 0. The number of pyridine rings is 1. The SMILES string of the molecule is COCCN(Cc1cnn(C)c1)C(=O)Nc1cc(-c2cccnc2)nn1C. The largest absolute Gasteiger partial charge is 0.383 e. The Balaban J connectivity index is 1.73. The van der Waals surface area contributed by atoms with Gasteiger partial charge in [-0.05, 0) is 12.1 Å². The van der Waals surface area contributed by atoms with Crippen molar-refractivity contribution >= 4 is 11.8 Å². The van der Waals surface area contributed by atoms with E-state index in [0.29, 0.717) is 25.5 Å². The highest BCUT2D eigenvalue weighted by Gasteiger charge is 2.17. The fraction of sp³-hybridized carbons (Fsp3) is 0.333. The Hall–Kier alpha value is -3.20. The van der Waals surface area contributed by atoms with Crippen molar-refractivity contribution in [3.05, 3.63) is 48.5 Å². The minimum atomic E-state index is -0.225. The summed E-state index contributed by atoms with van der Waals surface area (Å²) in [6.45, 7) is 1.35.